The van der Waals surface area contributed by atoms with Gasteiger partial charge in [-0.3, -0.25) is 0 Å². The van der Waals surface area contributed by atoms with Gasteiger partial charge in [0.25, 0.3) is 0 Å². The van der Waals surface area contributed by atoms with Crippen LogP contribution in [0.1, 0.15) is 17.5 Å². The highest BCUT2D eigenvalue weighted by atomic mass is 15.3. The molecule has 0 spiro atoms. The molecule has 0 radical (unpaired) electrons. The molecular formula is C18H15N3. The van der Waals surface area contributed by atoms with Crippen molar-refractivity contribution in [1.82, 2.24) is 14.8 Å². The molecule has 0 N–H and O–H groups in total. The van der Waals surface area contributed by atoms with Gasteiger partial charge in [0.05, 0.1) is 0 Å². The summed E-state index contributed by atoms with van der Waals surface area (Å²) in [5.41, 5.74) is 1.75. The second-order valence-electron chi connectivity index (χ2n) is 4.84. The van der Waals surface area contributed by atoms with Gasteiger partial charge in [-0.15, -0.1) is 22.5 Å². The highest BCUT2D eigenvalue weighted by Gasteiger charge is 2.35. The molecule has 0 amide bonds. The van der Waals surface area contributed by atoms with Gasteiger partial charge in [-0.05, 0) is 11.1 Å². The summed E-state index contributed by atoms with van der Waals surface area (Å²) in [6.45, 7) is 0. The largest absolute Gasteiger partial charge is 0.305 e. The molecule has 3 nitrogen and oxygen atoms in total. The quantitative estimate of drug-likeness (QED) is 0.684. The monoisotopic (exact) mass is 273 g/mol. The molecule has 102 valence electrons. The van der Waals surface area contributed by atoms with Crippen molar-refractivity contribution in [2.75, 3.05) is 0 Å². The summed E-state index contributed by atoms with van der Waals surface area (Å²) in [6.07, 6.45) is 9.66. The van der Waals surface area contributed by atoms with E-state index in [2.05, 4.69) is 40.4 Å². The van der Waals surface area contributed by atoms with Crippen LogP contribution in [-0.2, 0) is 5.54 Å². The molecule has 0 saturated heterocycles. The van der Waals surface area contributed by atoms with Crippen LogP contribution in [0.3, 0.4) is 0 Å². The van der Waals surface area contributed by atoms with Crippen LogP contribution in [0.25, 0.3) is 0 Å². The molecular weight excluding hydrogens is 258 g/mol. The summed E-state index contributed by atoms with van der Waals surface area (Å²) in [5, 5.41) is 7.93. The topological polar surface area (TPSA) is 30.7 Å². The van der Waals surface area contributed by atoms with Crippen LogP contribution in [-0.4, -0.2) is 14.8 Å². The fraction of sp³-hybridized carbons (Fsp3) is 0.111. The zero-order valence-corrected chi connectivity index (χ0v) is 11.6. The van der Waals surface area contributed by atoms with Gasteiger partial charge in [-0.1, -0.05) is 60.7 Å². The Hall–Kier alpha value is -2.86. The van der Waals surface area contributed by atoms with Gasteiger partial charge in [0.15, 0.2) is 0 Å². The van der Waals surface area contributed by atoms with Crippen LogP contribution < -0.4 is 0 Å². The Labute approximate surface area is 124 Å². The molecule has 0 bridgehead atoms. The molecule has 3 rings (SSSR count). The molecule has 3 aromatic rings. The van der Waals surface area contributed by atoms with E-state index >= 15 is 0 Å². The highest BCUT2D eigenvalue weighted by molar-refractivity contribution is 5.41. The lowest BCUT2D eigenvalue weighted by Gasteiger charge is -2.34. The average molecular weight is 273 g/mol. The van der Waals surface area contributed by atoms with E-state index in [4.69, 9.17) is 6.42 Å². The Balaban J connectivity index is 2.30. The molecule has 2 aromatic carbocycles. The van der Waals surface area contributed by atoms with Crippen molar-refractivity contribution in [2.45, 2.75) is 12.0 Å². The minimum absolute atomic E-state index is 0.485. The first-order chi connectivity index (χ1) is 10.4. The third-order valence-corrected chi connectivity index (χ3v) is 3.72. The van der Waals surface area contributed by atoms with Gasteiger partial charge in [0.1, 0.15) is 18.2 Å². The number of benzene rings is 2. The van der Waals surface area contributed by atoms with Crippen LogP contribution in [0.5, 0.6) is 0 Å². The van der Waals surface area contributed by atoms with E-state index in [0.717, 1.165) is 11.1 Å². The molecule has 0 fully saturated rings. The average Bonchev–Trinajstić information content (AvgIpc) is 3.09. The molecule has 0 unspecified atom stereocenters. The summed E-state index contributed by atoms with van der Waals surface area (Å²) in [6, 6.07) is 20.4. The Bertz CT molecular complexity index is 686. The number of nitrogens with zero attached hydrogens (tertiary/aromatic N) is 3. The van der Waals surface area contributed by atoms with Crippen molar-refractivity contribution >= 4 is 0 Å². The standard InChI is InChI=1S/C18H15N3/c1-2-13-18(21-14-19-20-15-21,16-9-5-3-6-10-16)17-11-7-4-8-12-17/h1,3-12,14-15H,13H2. The molecule has 0 aliphatic rings. The SMILES string of the molecule is C#CCC(c1ccccc1)(c1ccccc1)n1cnnc1. The second-order valence-corrected chi connectivity index (χ2v) is 4.84. The van der Waals surface area contributed by atoms with Crippen molar-refractivity contribution in [3.63, 3.8) is 0 Å². The Kier molecular flexibility index (Phi) is 3.53. The predicted molar refractivity (Wildman–Crippen MR) is 82.5 cm³/mol. The van der Waals surface area contributed by atoms with E-state index in [9.17, 15) is 0 Å². The lowest BCUT2D eigenvalue weighted by Crippen LogP contribution is -2.35. The van der Waals surface area contributed by atoms with Crippen molar-refractivity contribution in [1.29, 1.82) is 0 Å². The normalized spacial score (nSPS) is 11.0. The van der Waals surface area contributed by atoms with Crippen molar-refractivity contribution in [2.24, 2.45) is 0 Å². The Morgan fingerprint density at radius 3 is 1.76 bits per heavy atom. The number of hydrogen-bond donors (Lipinski definition) is 0. The maximum Gasteiger partial charge on any atom is 0.120 e. The molecule has 21 heavy (non-hydrogen) atoms. The molecule has 0 aliphatic carbocycles. The lowest BCUT2D eigenvalue weighted by molar-refractivity contribution is 0.439. The van der Waals surface area contributed by atoms with E-state index in [0.29, 0.717) is 6.42 Å². The molecule has 0 saturated carbocycles. The highest BCUT2D eigenvalue weighted by Crippen LogP contribution is 2.36. The summed E-state index contributed by atoms with van der Waals surface area (Å²) < 4.78 is 1.98. The van der Waals surface area contributed by atoms with E-state index in [-0.39, 0.29) is 0 Å². The van der Waals surface area contributed by atoms with Gasteiger partial charge in [-0.25, -0.2) is 0 Å². The Morgan fingerprint density at radius 1 is 0.857 bits per heavy atom. The molecule has 1 aromatic heterocycles. The van der Waals surface area contributed by atoms with Gasteiger partial charge < -0.3 is 4.57 Å². The van der Waals surface area contributed by atoms with E-state index in [1.165, 1.54) is 0 Å². The van der Waals surface area contributed by atoms with Crippen molar-refractivity contribution in [3.8, 4) is 12.3 Å². The van der Waals surface area contributed by atoms with Crippen LogP contribution in [0.4, 0.5) is 0 Å². The minimum Gasteiger partial charge on any atom is -0.305 e. The van der Waals surface area contributed by atoms with Crippen LogP contribution in [0.15, 0.2) is 73.3 Å². The maximum atomic E-state index is 5.69. The van der Waals surface area contributed by atoms with Crippen LogP contribution >= 0.6 is 0 Å². The minimum atomic E-state index is -0.485. The summed E-state index contributed by atoms with van der Waals surface area (Å²) in [7, 11) is 0. The zero-order valence-electron chi connectivity index (χ0n) is 11.6. The number of rotatable bonds is 4. The van der Waals surface area contributed by atoms with E-state index < -0.39 is 5.54 Å². The van der Waals surface area contributed by atoms with Crippen LogP contribution in [0.2, 0.25) is 0 Å². The Morgan fingerprint density at radius 2 is 1.33 bits per heavy atom. The van der Waals surface area contributed by atoms with Gasteiger partial charge in [0, 0.05) is 6.42 Å². The first-order valence-electron chi connectivity index (χ1n) is 6.77. The van der Waals surface area contributed by atoms with Crippen LogP contribution in [0, 0.1) is 12.3 Å². The van der Waals surface area contributed by atoms with E-state index in [1.807, 2.05) is 41.0 Å². The maximum absolute atomic E-state index is 5.69. The molecule has 0 atom stereocenters. The van der Waals surface area contributed by atoms with E-state index in [1.54, 1.807) is 12.7 Å². The third-order valence-electron chi connectivity index (χ3n) is 3.72. The van der Waals surface area contributed by atoms with Gasteiger partial charge >= 0.3 is 0 Å². The summed E-state index contributed by atoms with van der Waals surface area (Å²) in [4.78, 5) is 0. The molecule has 0 aliphatic heterocycles. The summed E-state index contributed by atoms with van der Waals surface area (Å²) >= 11 is 0. The second kappa shape index (κ2) is 5.64. The number of terminal acetylenes is 1. The number of hydrogen-bond acceptors (Lipinski definition) is 2. The van der Waals surface area contributed by atoms with Crippen molar-refractivity contribution < 1.29 is 0 Å². The summed E-state index contributed by atoms with van der Waals surface area (Å²) in [5.74, 6) is 2.82. The smallest absolute Gasteiger partial charge is 0.120 e. The first-order valence-corrected chi connectivity index (χ1v) is 6.77. The lowest BCUT2D eigenvalue weighted by atomic mass is 9.80. The van der Waals surface area contributed by atoms with Crippen molar-refractivity contribution in [3.05, 3.63) is 84.4 Å². The van der Waals surface area contributed by atoms with Gasteiger partial charge in [-0.2, -0.15) is 0 Å². The number of aromatic nitrogens is 3. The third kappa shape index (κ3) is 2.21. The first kappa shape index (κ1) is 13.1. The zero-order chi connectivity index (χ0) is 14.5. The fourth-order valence-electron chi connectivity index (χ4n) is 2.73. The molecule has 3 heteroatoms. The predicted octanol–water partition coefficient (Wildman–Crippen LogP) is 3.09. The molecule has 1 heterocycles. The van der Waals surface area contributed by atoms with Gasteiger partial charge in [0.2, 0.25) is 0 Å². The fourth-order valence-corrected chi connectivity index (χ4v) is 2.73.